The Labute approximate surface area is 307 Å². The summed E-state index contributed by atoms with van der Waals surface area (Å²) in [6, 6.07) is 68.2. The highest BCUT2D eigenvalue weighted by molar-refractivity contribution is 6.21. The molecule has 0 saturated heterocycles. The summed E-state index contributed by atoms with van der Waals surface area (Å²) in [5.41, 5.74) is 11.1. The van der Waals surface area contributed by atoms with E-state index in [1.165, 1.54) is 43.7 Å². The molecule has 4 nitrogen and oxygen atoms in total. The first kappa shape index (κ1) is 30.6. The van der Waals surface area contributed by atoms with E-state index < -0.39 is 0 Å². The van der Waals surface area contributed by atoms with Gasteiger partial charge in [0.2, 0.25) is 0 Å². The molecule has 10 aromatic rings. The molecular weight excluding hydrogens is 645 g/mol. The average Bonchev–Trinajstić information content (AvgIpc) is 3.59. The Morgan fingerprint density at radius 2 is 0.755 bits per heavy atom. The molecule has 2 aromatic heterocycles. The van der Waals surface area contributed by atoms with Crippen molar-refractivity contribution in [3.63, 3.8) is 0 Å². The molecule has 0 unspecified atom stereocenters. The number of rotatable bonds is 6. The molecule has 2 heterocycles. The Bertz CT molecular complexity index is 2840. The smallest absolute Gasteiger partial charge is 0.164 e. The van der Waals surface area contributed by atoms with Crippen LogP contribution in [0.4, 0.5) is 0 Å². The van der Waals surface area contributed by atoms with Crippen molar-refractivity contribution in [3.05, 3.63) is 194 Å². The zero-order valence-corrected chi connectivity index (χ0v) is 28.8. The molecule has 248 valence electrons. The van der Waals surface area contributed by atoms with Gasteiger partial charge in [0.1, 0.15) is 0 Å². The topological polar surface area (TPSA) is 43.6 Å². The van der Waals surface area contributed by atoms with E-state index in [0.29, 0.717) is 17.5 Å². The van der Waals surface area contributed by atoms with Crippen LogP contribution in [0.15, 0.2) is 194 Å². The molecule has 0 amide bonds. The van der Waals surface area contributed by atoms with Crippen molar-refractivity contribution in [1.82, 2.24) is 19.5 Å². The van der Waals surface area contributed by atoms with Gasteiger partial charge in [0, 0.05) is 33.2 Å². The van der Waals surface area contributed by atoms with Gasteiger partial charge >= 0.3 is 0 Å². The number of aromatic nitrogens is 4. The van der Waals surface area contributed by atoms with Crippen molar-refractivity contribution >= 4 is 32.6 Å². The van der Waals surface area contributed by atoms with Gasteiger partial charge in [-0.05, 0) is 63.4 Å². The fraction of sp³-hybridized carbons (Fsp3) is 0. The summed E-state index contributed by atoms with van der Waals surface area (Å²) in [5, 5.41) is 4.97. The van der Waals surface area contributed by atoms with Crippen LogP contribution in [0.25, 0.3) is 94.7 Å². The minimum absolute atomic E-state index is 0.649. The van der Waals surface area contributed by atoms with E-state index in [0.717, 1.165) is 33.5 Å². The predicted octanol–water partition coefficient (Wildman–Crippen LogP) is 12.5. The molecular formula is C49H32N4. The van der Waals surface area contributed by atoms with E-state index in [4.69, 9.17) is 15.0 Å². The largest absolute Gasteiger partial charge is 0.309 e. The van der Waals surface area contributed by atoms with Crippen molar-refractivity contribution in [2.75, 3.05) is 0 Å². The first-order chi connectivity index (χ1) is 26.3. The molecule has 8 aromatic carbocycles. The van der Waals surface area contributed by atoms with Gasteiger partial charge in [-0.3, -0.25) is 0 Å². The minimum atomic E-state index is 0.649. The van der Waals surface area contributed by atoms with Crippen LogP contribution in [-0.2, 0) is 0 Å². The molecule has 0 aliphatic rings. The van der Waals surface area contributed by atoms with Crippen molar-refractivity contribution in [2.24, 2.45) is 0 Å². The Morgan fingerprint density at radius 3 is 1.38 bits per heavy atom. The average molecular weight is 677 g/mol. The van der Waals surface area contributed by atoms with Gasteiger partial charge in [-0.2, -0.15) is 0 Å². The Hall–Kier alpha value is -7.17. The zero-order chi connectivity index (χ0) is 35.1. The second-order valence-electron chi connectivity index (χ2n) is 13.3. The van der Waals surface area contributed by atoms with Crippen LogP contribution in [0.1, 0.15) is 0 Å². The summed E-state index contributed by atoms with van der Waals surface area (Å²) >= 11 is 0. The van der Waals surface area contributed by atoms with Crippen LogP contribution in [0.2, 0.25) is 0 Å². The van der Waals surface area contributed by atoms with E-state index in [-0.39, 0.29) is 0 Å². The van der Waals surface area contributed by atoms with E-state index in [1.807, 2.05) is 60.7 Å². The molecule has 0 atom stereocenters. The maximum Gasteiger partial charge on any atom is 0.164 e. The highest BCUT2D eigenvalue weighted by atomic mass is 15.0. The van der Waals surface area contributed by atoms with Crippen molar-refractivity contribution in [2.45, 2.75) is 0 Å². The van der Waals surface area contributed by atoms with Gasteiger partial charge in [-0.25, -0.2) is 15.0 Å². The lowest BCUT2D eigenvalue weighted by atomic mass is 9.97. The number of hydrogen-bond donors (Lipinski definition) is 0. The molecule has 0 aliphatic heterocycles. The molecule has 0 saturated carbocycles. The lowest BCUT2D eigenvalue weighted by Gasteiger charge is -2.11. The van der Waals surface area contributed by atoms with Gasteiger partial charge in [0.25, 0.3) is 0 Å². The third kappa shape index (κ3) is 5.54. The van der Waals surface area contributed by atoms with Crippen LogP contribution in [0, 0.1) is 0 Å². The van der Waals surface area contributed by atoms with E-state index >= 15 is 0 Å². The lowest BCUT2D eigenvalue weighted by molar-refractivity contribution is 1.07. The predicted molar refractivity (Wildman–Crippen MR) is 219 cm³/mol. The molecule has 53 heavy (non-hydrogen) atoms. The SMILES string of the molecule is c1ccc(-c2ccc(-n3c4ccccc4c4c5ccc(-c6ccc(-c7nc(-c8ccccc8)nc(-c8ccccc8)n7)cc6)cc5ccc43)cc2)cc1. The third-order valence-corrected chi connectivity index (χ3v) is 10.1. The molecule has 0 spiro atoms. The molecule has 0 N–H and O–H groups in total. The standard InChI is InChI=1S/C49H32N4/c1-4-12-33(13-5-1)34-24-28-41(29-25-34)53-44-19-11-10-18-43(44)46-42-30-26-39(32-40(42)27-31-45(46)53)35-20-22-38(23-21-35)49-51-47(36-14-6-2-7-15-36)50-48(52-49)37-16-8-3-9-17-37/h1-32H. The van der Waals surface area contributed by atoms with Crippen molar-refractivity contribution in [1.29, 1.82) is 0 Å². The molecule has 4 heteroatoms. The number of fused-ring (bicyclic) bond motifs is 5. The number of hydrogen-bond acceptors (Lipinski definition) is 3. The van der Waals surface area contributed by atoms with Crippen molar-refractivity contribution < 1.29 is 0 Å². The Kier molecular flexibility index (Phi) is 7.43. The van der Waals surface area contributed by atoms with Gasteiger partial charge in [-0.15, -0.1) is 0 Å². The van der Waals surface area contributed by atoms with E-state index in [9.17, 15) is 0 Å². The number of benzene rings is 8. The van der Waals surface area contributed by atoms with Crippen LogP contribution >= 0.6 is 0 Å². The molecule has 10 rings (SSSR count). The fourth-order valence-electron chi connectivity index (χ4n) is 7.44. The first-order valence-electron chi connectivity index (χ1n) is 17.9. The minimum Gasteiger partial charge on any atom is -0.309 e. The third-order valence-electron chi connectivity index (χ3n) is 10.1. The Morgan fingerprint density at radius 1 is 0.302 bits per heavy atom. The summed E-state index contributed by atoms with van der Waals surface area (Å²) in [5.74, 6) is 1.96. The number of nitrogens with zero attached hydrogens (tertiary/aromatic N) is 4. The Balaban J connectivity index is 1.02. The fourth-order valence-corrected chi connectivity index (χ4v) is 7.44. The molecule has 0 fully saturated rings. The lowest BCUT2D eigenvalue weighted by Crippen LogP contribution is -2.00. The van der Waals surface area contributed by atoms with Gasteiger partial charge in [0.15, 0.2) is 17.5 Å². The van der Waals surface area contributed by atoms with Gasteiger partial charge < -0.3 is 4.57 Å². The maximum atomic E-state index is 4.91. The van der Waals surface area contributed by atoms with Crippen LogP contribution in [0.5, 0.6) is 0 Å². The maximum absolute atomic E-state index is 4.91. The van der Waals surface area contributed by atoms with Crippen LogP contribution in [0.3, 0.4) is 0 Å². The van der Waals surface area contributed by atoms with Gasteiger partial charge in [-0.1, -0.05) is 164 Å². The molecule has 0 radical (unpaired) electrons. The summed E-state index contributed by atoms with van der Waals surface area (Å²) in [7, 11) is 0. The van der Waals surface area contributed by atoms with E-state index in [1.54, 1.807) is 0 Å². The first-order valence-corrected chi connectivity index (χ1v) is 17.9. The second-order valence-corrected chi connectivity index (χ2v) is 13.3. The summed E-state index contributed by atoms with van der Waals surface area (Å²) in [4.78, 5) is 14.7. The normalized spacial score (nSPS) is 11.4. The van der Waals surface area contributed by atoms with Crippen molar-refractivity contribution in [3.8, 4) is 62.1 Å². The molecule has 0 bridgehead atoms. The van der Waals surface area contributed by atoms with Crippen LogP contribution in [-0.4, -0.2) is 19.5 Å². The summed E-state index contributed by atoms with van der Waals surface area (Å²) in [6.45, 7) is 0. The molecule has 0 aliphatic carbocycles. The highest BCUT2D eigenvalue weighted by Crippen LogP contribution is 2.38. The second kappa shape index (κ2) is 12.9. The number of para-hydroxylation sites is 1. The summed E-state index contributed by atoms with van der Waals surface area (Å²) < 4.78 is 2.39. The van der Waals surface area contributed by atoms with E-state index in [2.05, 4.69) is 138 Å². The zero-order valence-electron chi connectivity index (χ0n) is 28.8. The monoisotopic (exact) mass is 676 g/mol. The van der Waals surface area contributed by atoms with Gasteiger partial charge in [0.05, 0.1) is 11.0 Å². The summed E-state index contributed by atoms with van der Waals surface area (Å²) in [6.07, 6.45) is 0. The highest BCUT2D eigenvalue weighted by Gasteiger charge is 2.16. The quantitative estimate of drug-likeness (QED) is 0.176. The van der Waals surface area contributed by atoms with Crippen LogP contribution < -0.4 is 0 Å².